The second-order valence-corrected chi connectivity index (χ2v) is 6.38. The lowest BCUT2D eigenvalue weighted by Crippen LogP contribution is -2.39. The SMILES string of the molecule is NC(=NCCCn1cnc2ccccc21)NC1CCCCCC1. The van der Waals surface area contributed by atoms with Crippen LogP contribution in [0.1, 0.15) is 44.9 Å². The molecule has 1 fully saturated rings. The molecule has 1 aliphatic carbocycles. The van der Waals surface area contributed by atoms with Gasteiger partial charge in [-0.1, -0.05) is 37.8 Å². The van der Waals surface area contributed by atoms with Crippen LogP contribution >= 0.6 is 0 Å². The van der Waals surface area contributed by atoms with E-state index in [1.54, 1.807) is 0 Å². The molecule has 1 aliphatic rings. The maximum Gasteiger partial charge on any atom is 0.188 e. The number of aryl methyl sites for hydroxylation is 1. The first-order valence-corrected chi connectivity index (χ1v) is 8.79. The third-order valence-electron chi connectivity index (χ3n) is 4.57. The molecule has 0 bridgehead atoms. The van der Waals surface area contributed by atoms with Gasteiger partial charge in [-0.15, -0.1) is 0 Å². The fourth-order valence-electron chi connectivity index (χ4n) is 3.31. The lowest BCUT2D eigenvalue weighted by Gasteiger charge is -2.16. The zero-order chi connectivity index (χ0) is 15.9. The minimum Gasteiger partial charge on any atom is -0.370 e. The number of hydrogen-bond acceptors (Lipinski definition) is 2. The highest BCUT2D eigenvalue weighted by molar-refractivity contribution is 5.78. The fraction of sp³-hybridized carbons (Fsp3) is 0.556. The zero-order valence-corrected chi connectivity index (χ0v) is 13.7. The van der Waals surface area contributed by atoms with E-state index in [-0.39, 0.29) is 0 Å². The molecule has 0 spiro atoms. The highest BCUT2D eigenvalue weighted by Gasteiger charge is 2.12. The van der Waals surface area contributed by atoms with Gasteiger partial charge in [-0.3, -0.25) is 4.99 Å². The Morgan fingerprint density at radius 2 is 2.00 bits per heavy atom. The van der Waals surface area contributed by atoms with Crippen molar-refractivity contribution in [1.82, 2.24) is 14.9 Å². The molecule has 1 heterocycles. The van der Waals surface area contributed by atoms with Gasteiger partial charge in [0, 0.05) is 19.1 Å². The number of aromatic nitrogens is 2. The van der Waals surface area contributed by atoms with Crippen molar-refractivity contribution < 1.29 is 0 Å². The van der Waals surface area contributed by atoms with Crippen LogP contribution < -0.4 is 11.1 Å². The van der Waals surface area contributed by atoms with Gasteiger partial charge >= 0.3 is 0 Å². The second-order valence-electron chi connectivity index (χ2n) is 6.38. The average Bonchev–Trinajstić information content (AvgIpc) is 2.80. The third kappa shape index (κ3) is 4.47. The Kier molecular flexibility index (Phi) is 5.51. The summed E-state index contributed by atoms with van der Waals surface area (Å²) in [4.78, 5) is 8.89. The van der Waals surface area contributed by atoms with Gasteiger partial charge in [0.2, 0.25) is 0 Å². The smallest absolute Gasteiger partial charge is 0.188 e. The summed E-state index contributed by atoms with van der Waals surface area (Å²) in [6, 6.07) is 8.72. The van der Waals surface area contributed by atoms with Gasteiger partial charge < -0.3 is 15.6 Å². The largest absolute Gasteiger partial charge is 0.370 e. The summed E-state index contributed by atoms with van der Waals surface area (Å²) in [5.74, 6) is 0.604. The van der Waals surface area contributed by atoms with Crippen LogP contribution in [0.25, 0.3) is 11.0 Å². The molecule has 0 amide bonds. The van der Waals surface area contributed by atoms with Crippen molar-refractivity contribution in [2.45, 2.75) is 57.5 Å². The van der Waals surface area contributed by atoms with Gasteiger partial charge in [-0.25, -0.2) is 4.98 Å². The van der Waals surface area contributed by atoms with Crippen LogP contribution in [-0.2, 0) is 6.54 Å². The fourth-order valence-corrected chi connectivity index (χ4v) is 3.31. The number of nitrogens with one attached hydrogen (secondary N) is 1. The van der Waals surface area contributed by atoms with Gasteiger partial charge in [0.25, 0.3) is 0 Å². The van der Waals surface area contributed by atoms with Gasteiger partial charge in [0.1, 0.15) is 0 Å². The summed E-state index contributed by atoms with van der Waals surface area (Å²) in [6.07, 6.45) is 10.6. The van der Waals surface area contributed by atoms with E-state index in [0.29, 0.717) is 12.0 Å². The van der Waals surface area contributed by atoms with E-state index in [0.717, 1.165) is 25.0 Å². The van der Waals surface area contributed by atoms with Crippen LogP contribution in [0.2, 0.25) is 0 Å². The topological polar surface area (TPSA) is 68.2 Å². The maximum atomic E-state index is 6.03. The molecule has 0 radical (unpaired) electrons. The molecule has 2 aromatic rings. The molecule has 3 rings (SSSR count). The molecule has 23 heavy (non-hydrogen) atoms. The van der Waals surface area contributed by atoms with Crippen LogP contribution in [-0.4, -0.2) is 28.1 Å². The molecular weight excluding hydrogens is 286 g/mol. The number of aliphatic imine (C=N–C) groups is 1. The van der Waals surface area contributed by atoms with Gasteiger partial charge in [-0.05, 0) is 31.4 Å². The van der Waals surface area contributed by atoms with Gasteiger partial charge in [-0.2, -0.15) is 0 Å². The first-order valence-electron chi connectivity index (χ1n) is 8.79. The first kappa shape index (κ1) is 15.8. The van der Waals surface area contributed by atoms with Gasteiger partial charge in [0.05, 0.1) is 17.4 Å². The minimum absolute atomic E-state index is 0.513. The number of nitrogens with two attached hydrogens (primary N) is 1. The number of rotatable bonds is 5. The van der Waals surface area contributed by atoms with Crippen molar-refractivity contribution in [3.05, 3.63) is 30.6 Å². The van der Waals surface area contributed by atoms with E-state index >= 15 is 0 Å². The molecule has 1 saturated carbocycles. The summed E-state index contributed by atoms with van der Waals surface area (Å²) in [5.41, 5.74) is 8.25. The molecule has 3 N–H and O–H groups in total. The number of para-hydroxylation sites is 2. The highest BCUT2D eigenvalue weighted by atomic mass is 15.1. The van der Waals surface area contributed by atoms with E-state index in [1.807, 2.05) is 24.5 Å². The molecule has 1 aromatic carbocycles. The van der Waals surface area contributed by atoms with Crippen molar-refractivity contribution in [3.8, 4) is 0 Å². The van der Waals surface area contributed by atoms with Crippen LogP contribution in [0.15, 0.2) is 35.6 Å². The Balaban J connectivity index is 1.44. The molecule has 0 saturated heterocycles. The van der Waals surface area contributed by atoms with E-state index in [4.69, 9.17) is 5.73 Å². The average molecular weight is 313 g/mol. The lowest BCUT2D eigenvalue weighted by atomic mass is 10.1. The Morgan fingerprint density at radius 3 is 2.83 bits per heavy atom. The second kappa shape index (κ2) is 7.99. The van der Waals surface area contributed by atoms with Crippen LogP contribution in [0.4, 0.5) is 0 Å². The van der Waals surface area contributed by atoms with Gasteiger partial charge in [0.15, 0.2) is 5.96 Å². The quantitative estimate of drug-likeness (QED) is 0.386. The predicted molar refractivity (Wildman–Crippen MR) is 95.5 cm³/mol. The number of nitrogens with zero attached hydrogens (tertiary/aromatic N) is 3. The zero-order valence-electron chi connectivity index (χ0n) is 13.7. The van der Waals surface area contributed by atoms with Crippen molar-refractivity contribution in [2.75, 3.05) is 6.54 Å². The summed E-state index contributed by atoms with van der Waals surface area (Å²) < 4.78 is 2.18. The third-order valence-corrected chi connectivity index (χ3v) is 4.57. The standard InChI is InChI=1S/C18H27N5/c19-18(22-15-8-3-1-2-4-9-15)20-12-7-13-23-14-21-16-10-5-6-11-17(16)23/h5-6,10-11,14-15H,1-4,7-9,12-13H2,(H3,19,20,22). The van der Waals surface area contributed by atoms with E-state index in [9.17, 15) is 0 Å². The predicted octanol–water partition coefficient (Wildman–Crippen LogP) is 3.05. The molecule has 5 nitrogen and oxygen atoms in total. The molecule has 0 aliphatic heterocycles. The lowest BCUT2D eigenvalue weighted by molar-refractivity contribution is 0.529. The highest BCUT2D eigenvalue weighted by Crippen LogP contribution is 2.17. The Labute approximate surface area is 138 Å². The summed E-state index contributed by atoms with van der Waals surface area (Å²) in [6.45, 7) is 1.67. The maximum absolute atomic E-state index is 6.03. The van der Waals surface area contributed by atoms with Crippen molar-refractivity contribution in [2.24, 2.45) is 10.7 Å². The molecule has 0 atom stereocenters. The molecule has 124 valence electrons. The van der Waals surface area contributed by atoms with Crippen LogP contribution in [0.5, 0.6) is 0 Å². The number of benzene rings is 1. The number of hydrogen-bond donors (Lipinski definition) is 2. The van der Waals surface area contributed by atoms with E-state index in [2.05, 4.69) is 25.9 Å². The molecule has 0 unspecified atom stereocenters. The summed E-state index contributed by atoms with van der Waals surface area (Å²) in [7, 11) is 0. The summed E-state index contributed by atoms with van der Waals surface area (Å²) >= 11 is 0. The van der Waals surface area contributed by atoms with E-state index < -0.39 is 0 Å². The number of guanidine groups is 1. The first-order chi connectivity index (χ1) is 11.3. The summed E-state index contributed by atoms with van der Waals surface area (Å²) in [5, 5.41) is 3.39. The minimum atomic E-state index is 0.513. The van der Waals surface area contributed by atoms with E-state index in [1.165, 1.54) is 44.0 Å². The van der Waals surface area contributed by atoms with Crippen molar-refractivity contribution in [3.63, 3.8) is 0 Å². The van der Waals surface area contributed by atoms with Crippen LogP contribution in [0, 0.1) is 0 Å². The van der Waals surface area contributed by atoms with Crippen LogP contribution in [0.3, 0.4) is 0 Å². The molecule has 1 aromatic heterocycles. The number of fused-ring (bicyclic) bond motifs is 1. The Hall–Kier alpha value is -2.04. The Bertz CT molecular complexity index is 638. The number of imidazole rings is 1. The monoisotopic (exact) mass is 313 g/mol. The Morgan fingerprint density at radius 1 is 1.22 bits per heavy atom. The normalized spacial score (nSPS) is 17.3. The molecular formula is C18H27N5. The van der Waals surface area contributed by atoms with Crippen molar-refractivity contribution >= 4 is 17.0 Å². The van der Waals surface area contributed by atoms with Crippen molar-refractivity contribution in [1.29, 1.82) is 0 Å². The molecule has 5 heteroatoms.